The lowest BCUT2D eigenvalue weighted by molar-refractivity contribution is -0.129. The van der Waals surface area contributed by atoms with Crippen LogP contribution in [0.3, 0.4) is 0 Å². The van der Waals surface area contributed by atoms with Crippen LogP contribution in [0.15, 0.2) is 18.2 Å². The van der Waals surface area contributed by atoms with Gasteiger partial charge in [-0.2, -0.15) is 0 Å². The number of nitrogens with zero attached hydrogens (tertiary/aromatic N) is 1. The SMILES string of the molecule is COc1ccc(C(=O)O)cc1N1C(=O)CCCC1=O. The van der Waals surface area contributed by atoms with Crippen LogP contribution in [0.25, 0.3) is 0 Å². The van der Waals surface area contributed by atoms with Gasteiger partial charge in [0.25, 0.3) is 0 Å². The van der Waals surface area contributed by atoms with Gasteiger partial charge in [0.2, 0.25) is 11.8 Å². The summed E-state index contributed by atoms with van der Waals surface area (Å²) in [7, 11) is 1.40. The first kappa shape index (κ1) is 13.1. The molecule has 0 unspecified atom stereocenters. The molecular formula is C13H13NO5. The number of carbonyl (C=O) groups is 3. The zero-order valence-corrected chi connectivity index (χ0v) is 10.4. The van der Waals surface area contributed by atoms with Gasteiger partial charge in [0.1, 0.15) is 5.75 Å². The third kappa shape index (κ3) is 2.42. The van der Waals surface area contributed by atoms with Crippen molar-refractivity contribution in [2.24, 2.45) is 0 Å². The second-order valence-corrected chi connectivity index (χ2v) is 4.17. The van der Waals surface area contributed by atoms with Gasteiger partial charge in [-0.25, -0.2) is 9.69 Å². The van der Waals surface area contributed by atoms with Crippen molar-refractivity contribution in [2.45, 2.75) is 19.3 Å². The topological polar surface area (TPSA) is 83.9 Å². The third-order valence-electron chi connectivity index (χ3n) is 2.95. The highest BCUT2D eigenvalue weighted by Gasteiger charge is 2.30. The van der Waals surface area contributed by atoms with E-state index < -0.39 is 5.97 Å². The predicted molar refractivity (Wildman–Crippen MR) is 66.3 cm³/mol. The van der Waals surface area contributed by atoms with E-state index in [9.17, 15) is 14.4 Å². The zero-order chi connectivity index (χ0) is 14.0. The van der Waals surface area contributed by atoms with E-state index in [1.54, 1.807) is 0 Å². The number of carboxylic acids is 1. The normalized spacial score (nSPS) is 15.5. The second kappa shape index (κ2) is 5.09. The maximum absolute atomic E-state index is 11.9. The van der Waals surface area contributed by atoms with Crippen molar-refractivity contribution >= 4 is 23.5 Å². The van der Waals surface area contributed by atoms with Crippen molar-refractivity contribution in [1.29, 1.82) is 0 Å². The highest BCUT2D eigenvalue weighted by atomic mass is 16.5. The molecule has 1 fully saturated rings. The van der Waals surface area contributed by atoms with Gasteiger partial charge in [0.15, 0.2) is 0 Å². The molecule has 0 bridgehead atoms. The van der Waals surface area contributed by atoms with Crippen molar-refractivity contribution in [3.8, 4) is 5.75 Å². The Bertz CT molecular complexity index is 536. The molecule has 0 spiro atoms. The maximum atomic E-state index is 11.9. The maximum Gasteiger partial charge on any atom is 0.335 e. The van der Waals surface area contributed by atoms with Crippen LogP contribution in [-0.4, -0.2) is 30.0 Å². The van der Waals surface area contributed by atoms with Crippen molar-refractivity contribution in [1.82, 2.24) is 0 Å². The molecule has 100 valence electrons. The summed E-state index contributed by atoms with van der Waals surface area (Å²) < 4.78 is 5.09. The van der Waals surface area contributed by atoms with E-state index in [1.165, 1.54) is 25.3 Å². The van der Waals surface area contributed by atoms with Gasteiger partial charge >= 0.3 is 5.97 Å². The number of methoxy groups -OCH3 is 1. The van der Waals surface area contributed by atoms with Crippen LogP contribution >= 0.6 is 0 Å². The molecule has 1 aromatic carbocycles. The summed E-state index contributed by atoms with van der Waals surface area (Å²) in [6.07, 6.45) is 1.06. The molecule has 0 aliphatic carbocycles. The summed E-state index contributed by atoms with van der Waals surface area (Å²) in [6.45, 7) is 0. The summed E-state index contributed by atoms with van der Waals surface area (Å²) in [5.74, 6) is -1.50. The summed E-state index contributed by atoms with van der Waals surface area (Å²) in [6, 6.07) is 4.08. The number of aromatic carboxylic acids is 1. The number of anilines is 1. The molecule has 6 heteroatoms. The molecule has 1 saturated heterocycles. The first-order valence-electron chi connectivity index (χ1n) is 5.81. The lowest BCUT2D eigenvalue weighted by Gasteiger charge is -2.26. The van der Waals surface area contributed by atoms with Gasteiger partial charge in [-0.1, -0.05) is 0 Å². The van der Waals surface area contributed by atoms with E-state index >= 15 is 0 Å². The number of amides is 2. The molecule has 2 amide bonds. The highest BCUT2D eigenvalue weighted by Crippen LogP contribution is 2.32. The summed E-state index contributed by atoms with van der Waals surface area (Å²) in [5.41, 5.74) is 0.194. The Morgan fingerprint density at radius 1 is 1.26 bits per heavy atom. The summed E-state index contributed by atoms with van der Waals surface area (Å²) in [4.78, 5) is 35.7. The van der Waals surface area contributed by atoms with Crippen LogP contribution in [0, 0.1) is 0 Å². The molecule has 1 heterocycles. The predicted octanol–water partition coefficient (Wildman–Crippen LogP) is 1.44. The van der Waals surface area contributed by atoms with Crippen molar-refractivity contribution in [2.75, 3.05) is 12.0 Å². The fourth-order valence-corrected chi connectivity index (χ4v) is 2.02. The zero-order valence-electron chi connectivity index (χ0n) is 10.4. The Balaban J connectivity index is 2.51. The van der Waals surface area contributed by atoms with Gasteiger partial charge in [-0.15, -0.1) is 0 Å². The molecule has 1 aliphatic heterocycles. The Morgan fingerprint density at radius 2 is 1.89 bits per heavy atom. The third-order valence-corrected chi connectivity index (χ3v) is 2.95. The average molecular weight is 263 g/mol. The van der Waals surface area contributed by atoms with E-state index in [-0.39, 0.29) is 35.9 Å². The molecule has 0 atom stereocenters. The molecular weight excluding hydrogens is 250 g/mol. The number of rotatable bonds is 3. The lowest BCUT2D eigenvalue weighted by Crippen LogP contribution is -2.40. The molecule has 1 aromatic rings. The molecule has 1 aliphatic rings. The minimum atomic E-state index is -1.12. The molecule has 1 N–H and O–H groups in total. The van der Waals surface area contributed by atoms with Crippen LogP contribution < -0.4 is 9.64 Å². The lowest BCUT2D eigenvalue weighted by atomic mass is 10.1. The number of imide groups is 1. The standard InChI is InChI=1S/C13H13NO5/c1-19-10-6-5-8(13(17)18)7-9(10)14-11(15)3-2-4-12(14)16/h5-7H,2-4H2,1H3,(H,17,18). The molecule has 0 aromatic heterocycles. The Hall–Kier alpha value is -2.37. The van der Waals surface area contributed by atoms with E-state index in [0.29, 0.717) is 12.2 Å². The number of hydrogen-bond acceptors (Lipinski definition) is 4. The van der Waals surface area contributed by atoms with Crippen LogP contribution in [-0.2, 0) is 9.59 Å². The molecule has 6 nitrogen and oxygen atoms in total. The molecule has 0 radical (unpaired) electrons. The first-order valence-corrected chi connectivity index (χ1v) is 5.81. The quantitative estimate of drug-likeness (QED) is 0.834. The Labute approximate surface area is 109 Å². The number of carboxylic acid groups (broad SMARTS) is 1. The van der Waals surface area contributed by atoms with Gasteiger partial charge in [-0.3, -0.25) is 9.59 Å². The van der Waals surface area contributed by atoms with E-state index in [1.807, 2.05) is 0 Å². The van der Waals surface area contributed by atoms with Gasteiger partial charge in [-0.05, 0) is 24.6 Å². The first-order chi connectivity index (χ1) is 9.04. The van der Waals surface area contributed by atoms with Crippen molar-refractivity contribution < 1.29 is 24.2 Å². The number of piperidine rings is 1. The highest BCUT2D eigenvalue weighted by molar-refractivity contribution is 6.17. The largest absolute Gasteiger partial charge is 0.495 e. The molecule has 19 heavy (non-hydrogen) atoms. The Kier molecular flexibility index (Phi) is 3.50. The van der Waals surface area contributed by atoms with Crippen LogP contribution in [0.4, 0.5) is 5.69 Å². The van der Waals surface area contributed by atoms with Gasteiger partial charge < -0.3 is 9.84 Å². The van der Waals surface area contributed by atoms with Crippen LogP contribution in [0.5, 0.6) is 5.75 Å². The fraction of sp³-hybridized carbons (Fsp3) is 0.308. The minimum absolute atomic E-state index is 0.00183. The number of ether oxygens (including phenoxy) is 1. The number of hydrogen-bond donors (Lipinski definition) is 1. The van der Waals surface area contributed by atoms with Crippen molar-refractivity contribution in [3.63, 3.8) is 0 Å². The van der Waals surface area contributed by atoms with Crippen LogP contribution in [0.2, 0.25) is 0 Å². The number of carbonyl (C=O) groups excluding carboxylic acids is 2. The monoisotopic (exact) mass is 263 g/mol. The van der Waals surface area contributed by atoms with Crippen LogP contribution in [0.1, 0.15) is 29.6 Å². The van der Waals surface area contributed by atoms with E-state index in [2.05, 4.69) is 0 Å². The molecule has 0 saturated carbocycles. The smallest absolute Gasteiger partial charge is 0.335 e. The summed E-state index contributed by atoms with van der Waals surface area (Å²) >= 11 is 0. The summed E-state index contributed by atoms with van der Waals surface area (Å²) in [5, 5.41) is 8.97. The fourth-order valence-electron chi connectivity index (χ4n) is 2.02. The van der Waals surface area contributed by atoms with E-state index in [0.717, 1.165) is 4.90 Å². The minimum Gasteiger partial charge on any atom is -0.495 e. The second-order valence-electron chi connectivity index (χ2n) is 4.17. The average Bonchev–Trinajstić information content (AvgIpc) is 2.38. The Morgan fingerprint density at radius 3 is 2.42 bits per heavy atom. The van der Waals surface area contributed by atoms with E-state index in [4.69, 9.17) is 9.84 Å². The number of benzene rings is 1. The van der Waals surface area contributed by atoms with Gasteiger partial charge in [0.05, 0.1) is 18.4 Å². The van der Waals surface area contributed by atoms with Crippen molar-refractivity contribution in [3.05, 3.63) is 23.8 Å². The molecule has 2 rings (SSSR count). The van der Waals surface area contributed by atoms with Gasteiger partial charge in [0, 0.05) is 12.8 Å².